The van der Waals surface area contributed by atoms with Crippen LogP contribution in [-0.2, 0) is 37.6 Å². The summed E-state index contributed by atoms with van der Waals surface area (Å²) in [6, 6.07) is 2.12. The molecule has 16 nitrogen and oxygen atoms in total. The van der Waals surface area contributed by atoms with Gasteiger partial charge in [0, 0.05) is 18.0 Å². The van der Waals surface area contributed by atoms with Gasteiger partial charge in [-0.05, 0) is 27.7 Å². The van der Waals surface area contributed by atoms with Gasteiger partial charge in [-0.15, -0.1) is 0 Å². The van der Waals surface area contributed by atoms with E-state index in [1.165, 1.54) is 10.9 Å². The Bertz CT molecular complexity index is 1510. The molecule has 0 aliphatic carbocycles. The Hall–Kier alpha value is -3.48. The van der Waals surface area contributed by atoms with Gasteiger partial charge in [0.2, 0.25) is 11.9 Å². The van der Waals surface area contributed by atoms with E-state index in [4.69, 9.17) is 28.5 Å². The predicted molar refractivity (Wildman–Crippen MR) is 176 cm³/mol. The lowest BCUT2D eigenvalue weighted by Crippen LogP contribution is -2.42. The van der Waals surface area contributed by atoms with Crippen molar-refractivity contribution in [2.45, 2.75) is 112 Å². The number of imidazole rings is 1. The molecule has 5 atom stereocenters. The molecule has 1 saturated heterocycles. The number of nitriles is 1. The Labute approximate surface area is 281 Å². The molecular weight excluding hydrogens is 645 g/mol. The molecule has 3 heterocycles. The number of aromatic amines is 1. The van der Waals surface area contributed by atoms with Gasteiger partial charge in [-0.3, -0.25) is 34.0 Å². The number of nitrogens with zero attached hydrogens (tertiary/aromatic N) is 5. The van der Waals surface area contributed by atoms with Crippen LogP contribution in [0.3, 0.4) is 0 Å². The highest BCUT2D eigenvalue weighted by molar-refractivity contribution is 7.44. The minimum atomic E-state index is -1.70. The maximum absolute atomic E-state index is 13.1. The first kappa shape index (κ1) is 39.0. The zero-order chi connectivity index (χ0) is 35.9. The van der Waals surface area contributed by atoms with Crippen molar-refractivity contribution in [2.75, 3.05) is 18.5 Å². The first-order valence-corrected chi connectivity index (χ1v) is 17.3. The van der Waals surface area contributed by atoms with Crippen molar-refractivity contribution in [2.24, 2.45) is 17.8 Å². The molecule has 266 valence electrons. The van der Waals surface area contributed by atoms with E-state index < -0.39 is 62.4 Å². The summed E-state index contributed by atoms with van der Waals surface area (Å²) in [5.41, 5.74) is -0.627. The van der Waals surface area contributed by atoms with Crippen molar-refractivity contribution in [1.82, 2.24) is 24.2 Å². The van der Waals surface area contributed by atoms with Crippen LogP contribution in [0.25, 0.3) is 11.2 Å². The number of esters is 2. The molecule has 1 amide bonds. The van der Waals surface area contributed by atoms with E-state index in [0.29, 0.717) is 0 Å². The molecule has 0 aromatic carbocycles. The van der Waals surface area contributed by atoms with Gasteiger partial charge in [0.25, 0.3) is 14.1 Å². The van der Waals surface area contributed by atoms with Crippen LogP contribution in [-0.4, -0.2) is 85.6 Å². The summed E-state index contributed by atoms with van der Waals surface area (Å²) in [7, 11) is -1.70. The van der Waals surface area contributed by atoms with Crippen molar-refractivity contribution in [3.63, 3.8) is 0 Å². The van der Waals surface area contributed by atoms with Crippen LogP contribution in [0.15, 0.2) is 11.1 Å². The Morgan fingerprint density at radius 3 is 2.15 bits per heavy atom. The molecule has 2 N–H and O–H groups in total. The third-order valence-electron chi connectivity index (χ3n) is 7.22. The van der Waals surface area contributed by atoms with Gasteiger partial charge in [-0.1, -0.05) is 41.5 Å². The topological polar surface area (TPSA) is 200 Å². The van der Waals surface area contributed by atoms with Crippen LogP contribution in [0.4, 0.5) is 5.95 Å². The second kappa shape index (κ2) is 17.3. The summed E-state index contributed by atoms with van der Waals surface area (Å²) in [6.07, 6.45) is -3.03. The van der Waals surface area contributed by atoms with Crippen LogP contribution in [0.2, 0.25) is 0 Å². The van der Waals surface area contributed by atoms with Crippen LogP contribution in [0.5, 0.6) is 0 Å². The molecule has 17 heteroatoms. The molecule has 2 aromatic rings. The maximum Gasteiger partial charge on any atom is 0.308 e. The highest BCUT2D eigenvalue weighted by Gasteiger charge is 2.52. The zero-order valence-electron chi connectivity index (χ0n) is 29.3. The van der Waals surface area contributed by atoms with E-state index in [0.717, 1.165) is 0 Å². The van der Waals surface area contributed by atoms with Crippen molar-refractivity contribution < 1.29 is 37.6 Å². The SMILES string of the molecule is CC(C)C(=O)Nc1nc2c(ncn2[C@@H]2O[C@H](COP(OCCC#N)N(C(C)C)C(C)C)[C@@H](OC(=O)C(C)C)[C@H]2OC(=O)C(C)C)c(=O)[nH]1. The van der Waals surface area contributed by atoms with E-state index in [1.54, 1.807) is 41.5 Å². The Kier molecular flexibility index (Phi) is 14.0. The lowest BCUT2D eigenvalue weighted by atomic mass is 10.1. The van der Waals surface area contributed by atoms with Gasteiger partial charge in [0.1, 0.15) is 6.10 Å². The van der Waals surface area contributed by atoms with Crippen molar-refractivity contribution >= 4 is 43.5 Å². The molecule has 1 unspecified atom stereocenters. The molecule has 0 bridgehead atoms. The third kappa shape index (κ3) is 9.57. The maximum atomic E-state index is 13.1. The van der Waals surface area contributed by atoms with Crippen LogP contribution >= 0.6 is 8.53 Å². The van der Waals surface area contributed by atoms with E-state index >= 15 is 0 Å². The van der Waals surface area contributed by atoms with E-state index in [1.807, 2.05) is 32.4 Å². The van der Waals surface area contributed by atoms with E-state index in [-0.39, 0.29) is 60.7 Å². The molecule has 48 heavy (non-hydrogen) atoms. The Balaban J connectivity index is 2.10. The molecular formula is C31H48N7O9P. The van der Waals surface area contributed by atoms with Crippen LogP contribution < -0.4 is 10.9 Å². The minimum absolute atomic E-state index is 0.0246. The summed E-state index contributed by atoms with van der Waals surface area (Å²) in [4.78, 5) is 62.6. The standard InChI is InChI=1S/C31H48N7O9P/c1-16(2)26(39)35-31-34-25-22(27(40)36-31)33-15-37(25)28-24(47-30(42)18(5)6)23(46-29(41)17(3)4)21(45-28)14-44-48(43-13-11-12-32)38(19(7)8)20(9)10/h15-21,23-24,28H,11,13-14H2,1-10H3,(H2,34,35,36,39,40)/t21-,23-,24-,28-,48?/m1/s1. The largest absolute Gasteiger partial charge is 0.455 e. The lowest BCUT2D eigenvalue weighted by molar-refractivity contribution is -0.172. The number of ether oxygens (including phenoxy) is 3. The summed E-state index contributed by atoms with van der Waals surface area (Å²) in [6.45, 7) is 18.1. The van der Waals surface area contributed by atoms with Gasteiger partial charge in [0.15, 0.2) is 29.6 Å². The van der Waals surface area contributed by atoms with E-state index in [9.17, 15) is 19.2 Å². The molecule has 0 saturated carbocycles. The van der Waals surface area contributed by atoms with Crippen molar-refractivity contribution in [3.05, 3.63) is 16.7 Å². The van der Waals surface area contributed by atoms with E-state index in [2.05, 4.69) is 26.3 Å². The van der Waals surface area contributed by atoms with Crippen LogP contribution in [0, 0.1) is 29.1 Å². The molecule has 0 spiro atoms. The fraction of sp³-hybridized carbons (Fsp3) is 0.710. The van der Waals surface area contributed by atoms with Gasteiger partial charge in [0.05, 0.1) is 43.9 Å². The van der Waals surface area contributed by atoms with Crippen molar-refractivity contribution in [1.29, 1.82) is 5.26 Å². The second-order valence-electron chi connectivity index (χ2n) is 12.9. The number of hydrogen-bond acceptors (Lipinski definition) is 13. The lowest BCUT2D eigenvalue weighted by Gasteiger charge is -2.36. The van der Waals surface area contributed by atoms with Gasteiger partial charge >= 0.3 is 11.9 Å². The number of rotatable bonds is 16. The Morgan fingerprint density at radius 2 is 1.60 bits per heavy atom. The summed E-state index contributed by atoms with van der Waals surface area (Å²) in [5, 5.41) is 11.7. The first-order chi connectivity index (χ1) is 22.6. The van der Waals surface area contributed by atoms with Gasteiger partial charge in [-0.2, -0.15) is 10.2 Å². The fourth-order valence-corrected chi connectivity index (χ4v) is 6.37. The molecule has 1 fully saturated rings. The second-order valence-corrected chi connectivity index (χ2v) is 14.4. The number of aromatic nitrogens is 4. The number of nitrogens with one attached hydrogen (secondary N) is 2. The monoisotopic (exact) mass is 693 g/mol. The number of hydrogen-bond donors (Lipinski definition) is 2. The molecule has 0 radical (unpaired) electrons. The summed E-state index contributed by atoms with van der Waals surface area (Å²) < 4.78 is 34.2. The smallest absolute Gasteiger partial charge is 0.308 e. The number of anilines is 1. The first-order valence-electron chi connectivity index (χ1n) is 16.1. The average molecular weight is 694 g/mol. The quantitative estimate of drug-likeness (QED) is 0.145. The Morgan fingerprint density at radius 1 is 1.00 bits per heavy atom. The summed E-state index contributed by atoms with van der Waals surface area (Å²) in [5.74, 6) is -3.04. The fourth-order valence-electron chi connectivity index (χ4n) is 4.76. The molecule has 1 aliphatic heterocycles. The number of carbonyl (C=O) groups excluding carboxylic acids is 3. The van der Waals surface area contributed by atoms with Crippen molar-refractivity contribution in [3.8, 4) is 6.07 Å². The molecule has 3 rings (SSSR count). The number of H-pyrrole nitrogens is 1. The average Bonchev–Trinajstić information content (AvgIpc) is 3.56. The highest BCUT2D eigenvalue weighted by atomic mass is 31.2. The van der Waals surface area contributed by atoms with Gasteiger partial charge in [-0.25, -0.2) is 9.65 Å². The molecule has 1 aliphatic rings. The number of fused-ring (bicyclic) bond motifs is 1. The van der Waals surface area contributed by atoms with Crippen LogP contribution in [0.1, 0.15) is 81.9 Å². The predicted octanol–water partition coefficient (Wildman–Crippen LogP) is 4.04. The zero-order valence-corrected chi connectivity index (χ0v) is 30.1. The summed E-state index contributed by atoms with van der Waals surface area (Å²) >= 11 is 0. The molecule has 2 aromatic heterocycles. The minimum Gasteiger partial charge on any atom is -0.455 e. The van der Waals surface area contributed by atoms with Gasteiger partial charge < -0.3 is 23.3 Å². The normalized spacial score (nSPS) is 20.3. The third-order valence-corrected chi connectivity index (χ3v) is 9.29. The number of carbonyl (C=O) groups is 3. The highest BCUT2D eigenvalue weighted by Crippen LogP contribution is 2.47. The number of amides is 1.